The van der Waals surface area contributed by atoms with E-state index in [2.05, 4.69) is 0 Å². The third-order valence-electron chi connectivity index (χ3n) is 2.39. The number of aldehydes is 1. The quantitative estimate of drug-likeness (QED) is 0.790. The van der Waals surface area contributed by atoms with E-state index in [0.29, 0.717) is 12.5 Å². The van der Waals surface area contributed by atoms with Crippen LogP contribution in [0, 0.1) is 0 Å². The van der Waals surface area contributed by atoms with Gasteiger partial charge in [0.15, 0.2) is 6.29 Å². The van der Waals surface area contributed by atoms with Crippen molar-refractivity contribution in [2.24, 2.45) is 0 Å². The zero-order valence-corrected chi connectivity index (χ0v) is 9.49. The first-order chi connectivity index (χ1) is 8.29. The van der Waals surface area contributed by atoms with Gasteiger partial charge in [0.1, 0.15) is 0 Å². The van der Waals surface area contributed by atoms with Gasteiger partial charge in [0.2, 0.25) is 0 Å². The van der Waals surface area contributed by atoms with Crippen LogP contribution in [-0.2, 0) is 10.0 Å². The normalized spacial score (nSPS) is 12.8. The molecule has 0 spiro atoms. The van der Waals surface area contributed by atoms with Gasteiger partial charge in [-0.1, -0.05) is 18.2 Å². The average molecular weight is 277 g/mol. The maximum absolute atomic E-state index is 12.5. The van der Waals surface area contributed by atoms with E-state index in [1.165, 1.54) is 24.3 Å². The maximum Gasteiger partial charge on any atom is 0.517 e. The summed E-state index contributed by atoms with van der Waals surface area (Å²) in [7, 11) is -5.53. The van der Waals surface area contributed by atoms with Crippen molar-refractivity contribution in [2.75, 3.05) is 0 Å². The Bertz CT molecular complexity index is 716. The van der Waals surface area contributed by atoms with Crippen LogP contribution in [0.4, 0.5) is 13.2 Å². The Balaban J connectivity index is 2.86. The van der Waals surface area contributed by atoms with E-state index in [1.807, 2.05) is 0 Å². The number of hydrogen-bond donors (Lipinski definition) is 0. The van der Waals surface area contributed by atoms with Gasteiger partial charge in [-0.15, -0.1) is 0 Å². The Morgan fingerprint density at radius 3 is 2.33 bits per heavy atom. The second-order valence-electron chi connectivity index (χ2n) is 3.47. The molecule has 0 bridgehead atoms. The number of benzene rings is 1. The second-order valence-corrected chi connectivity index (χ2v) is 5.27. The fourth-order valence-electron chi connectivity index (χ4n) is 1.58. The summed E-state index contributed by atoms with van der Waals surface area (Å²) in [4.78, 5) is 10.7. The highest BCUT2D eigenvalue weighted by molar-refractivity contribution is 7.90. The van der Waals surface area contributed by atoms with Crippen LogP contribution in [0.3, 0.4) is 0 Å². The lowest BCUT2D eigenvalue weighted by Crippen LogP contribution is -2.29. The van der Waals surface area contributed by atoms with Gasteiger partial charge in [-0.3, -0.25) is 4.79 Å². The molecule has 0 aliphatic heterocycles. The molecule has 0 aliphatic carbocycles. The number of carbonyl (C=O) groups is 1. The summed E-state index contributed by atoms with van der Waals surface area (Å²) in [5, 5.41) is 0.153. The van der Waals surface area contributed by atoms with Crippen LogP contribution in [0.25, 0.3) is 10.9 Å². The van der Waals surface area contributed by atoms with E-state index in [1.54, 1.807) is 0 Å². The molecule has 2 rings (SSSR count). The van der Waals surface area contributed by atoms with Gasteiger partial charge >= 0.3 is 15.5 Å². The monoisotopic (exact) mass is 277 g/mol. The number of fused-ring (bicyclic) bond motifs is 1. The van der Waals surface area contributed by atoms with E-state index in [9.17, 15) is 26.4 Å². The minimum absolute atomic E-state index is 0.0755. The minimum Gasteiger partial charge on any atom is -0.298 e. The fraction of sp³-hybridized carbons (Fsp3) is 0.100. The van der Waals surface area contributed by atoms with E-state index in [0.717, 1.165) is 0 Å². The van der Waals surface area contributed by atoms with Crippen molar-refractivity contribution in [1.82, 2.24) is 3.97 Å². The highest BCUT2D eigenvalue weighted by atomic mass is 32.2. The molecule has 1 aromatic carbocycles. The molecule has 0 N–H and O–H groups in total. The van der Waals surface area contributed by atoms with Crippen LogP contribution in [0.15, 0.2) is 30.5 Å². The van der Waals surface area contributed by atoms with Crippen molar-refractivity contribution in [1.29, 1.82) is 0 Å². The summed E-state index contributed by atoms with van der Waals surface area (Å²) >= 11 is 0. The Labute approximate surface area is 99.7 Å². The molecule has 0 saturated heterocycles. The lowest BCUT2D eigenvalue weighted by atomic mass is 10.2. The Hall–Kier alpha value is -1.83. The molecule has 96 valence electrons. The SMILES string of the molecule is O=Cc1cn(S(=O)(=O)C(F)(F)F)c2ccccc12. The van der Waals surface area contributed by atoms with Gasteiger partial charge in [0, 0.05) is 17.1 Å². The molecule has 1 heterocycles. The zero-order valence-electron chi connectivity index (χ0n) is 8.68. The van der Waals surface area contributed by atoms with E-state index >= 15 is 0 Å². The smallest absolute Gasteiger partial charge is 0.298 e. The molecule has 18 heavy (non-hydrogen) atoms. The molecule has 0 aliphatic rings. The number of para-hydroxylation sites is 1. The van der Waals surface area contributed by atoms with Crippen molar-refractivity contribution in [3.8, 4) is 0 Å². The molecule has 0 amide bonds. The average Bonchev–Trinajstić information content (AvgIpc) is 2.66. The van der Waals surface area contributed by atoms with Crippen LogP contribution < -0.4 is 0 Å². The molecule has 2 aromatic rings. The molecular formula is C10H6F3NO3S. The van der Waals surface area contributed by atoms with Crippen LogP contribution in [-0.4, -0.2) is 24.2 Å². The van der Waals surface area contributed by atoms with Gasteiger partial charge in [-0.2, -0.15) is 21.6 Å². The van der Waals surface area contributed by atoms with E-state index in [4.69, 9.17) is 0 Å². The van der Waals surface area contributed by atoms with Crippen molar-refractivity contribution < 1.29 is 26.4 Å². The molecule has 4 nitrogen and oxygen atoms in total. The first-order valence-corrected chi connectivity index (χ1v) is 6.10. The largest absolute Gasteiger partial charge is 0.517 e. The van der Waals surface area contributed by atoms with Crippen molar-refractivity contribution in [3.63, 3.8) is 0 Å². The highest BCUT2D eigenvalue weighted by Gasteiger charge is 2.47. The third-order valence-corrected chi connectivity index (χ3v) is 3.79. The number of rotatable bonds is 2. The topological polar surface area (TPSA) is 56.1 Å². The molecule has 0 unspecified atom stereocenters. The summed E-state index contributed by atoms with van der Waals surface area (Å²) in [6.45, 7) is 0. The highest BCUT2D eigenvalue weighted by Crippen LogP contribution is 2.30. The lowest BCUT2D eigenvalue weighted by molar-refractivity contribution is -0.0445. The first-order valence-electron chi connectivity index (χ1n) is 4.66. The summed E-state index contributed by atoms with van der Waals surface area (Å²) in [6.07, 6.45) is 0.977. The molecule has 0 radical (unpaired) electrons. The van der Waals surface area contributed by atoms with Crippen molar-refractivity contribution in [2.45, 2.75) is 5.51 Å². The van der Waals surface area contributed by atoms with Crippen LogP contribution in [0.2, 0.25) is 0 Å². The molecule has 0 fully saturated rings. The maximum atomic E-state index is 12.5. The Morgan fingerprint density at radius 2 is 1.78 bits per heavy atom. The summed E-state index contributed by atoms with van der Waals surface area (Å²) in [5.74, 6) is 0. The standard InChI is InChI=1S/C10H6F3NO3S/c11-10(12,13)18(16,17)14-5-7(6-15)8-3-1-2-4-9(8)14/h1-6H. The van der Waals surface area contributed by atoms with Crippen LogP contribution >= 0.6 is 0 Å². The number of aromatic nitrogens is 1. The summed E-state index contributed by atoms with van der Waals surface area (Å²) in [5.41, 5.74) is -5.72. The van der Waals surface area contributed by atoms with E-state index in [-0.39, 0.29) is 20.4 Å². The Morgan fingerprint density at radius 1 is 1.17 bits per heavy atom. The molecule has 0 atom stereocenters. The molecule has 0 saturated carbocycles. The number of carbonyl (C=O) groups excluding carboxylic acids is 1. The Kier molecular flexibility index (Phi) is 2.69. The minimum atomic E-state index is -5.53. The predicted octanol–water partition coefficient (Wildman–Crippen LogP) is 2.15. The predicted molar refractivity (Wildman–Crippen MR) is 57.7 cm³/mol. The van der Waals surface area contributed by atoms with Gasteiger partial charge in [0.05, 0.1) is 5.52 Å². The lowest BCUT2D eigenvalue weighted by Gasteiger charge is -2.09. The third kappa shape index (κ3) is 1.69. The molecular weight excluding hydrogens is 271 g/mol. The molecule has 8 heteroatoms. The number of halogens is 3. The number of hydrogen-bond acceptors (Lipinski definition) is 3. The molecule has 1 aromatic heterocycles. The second kappa shape index (κ2) is 3.84. The fourth-order valence-corrected chi connectivity index (χ4v) is 2.47. The van der Waals surface area contributed by atoms with Gasteiger partial charge in [0.25, 0.3) is 0 Å². The summed E-state index contributed by atoms with van der Waals surface area (Å²) in [6, 6.07) is 5.46. The van der Waals surface area contributed by atoms with Crippen LogP contribution in [0.1, 0.15) is 10.4 Å². The van der Waals surface area contributed by atoms with Gasteiger partial charge in [-0.05, 0) is 6.07 Å². The van der Waals surface area contributed by atoms with Crippen molar-refractivity contribution in [3.05, 3.63) is 36.0 Å². The van der Waals surface area contributed by atoms with Gasteiger partial charge in [-0.25, -0.2) is 3.97 Å². The number of nitrogens with zero attached hydrogens (tertiary/aromatic N) is 1. The van der Waals surface area contributed by atoms with Crippen molar-refractivity contribution >= 4 is 27.2 Å². The zero-order chi connectivity index (χ0) is 13.6. The van der Waals surface area contributed by atoms with Crippen LogP contribution in [0.5, 0.6) is 0 Å². The first kappa shape index (κ1) is 12.6. The number of alkyl halides is 3. The van der Waals surface area contributed by atoms with E-state index < -0.39 is 15.5 Å². The van der Waals surface area contributed by atoms with Gasteiger partial charge < -0.3 is 0 Å². The summed E-state index contributed by atoms with van der Waals surface area (Å²) < 4.78 is 60.1.